The summed E-state index contributed by atoms with van der Waals surface area (Å²) in [7, 11) is 3.43. The molecular weight excluding hydrogens is 252 g/mol. The van der Waals surface area contributed by atoms with Crippen molar-refractivity contribution in [1.82, 2.24) is 4.98 Å². The van der Waals surface area contributed by atoms with E-state index in [2.05, 4.69) is 30.7 Å². The zero-order valence-electron chi connectivity index (χ0n) is 10.9. The molecule has 0 aliphatic rings. The minimum atomic E-state index is 0.708. The number of hydrogen-bond acceptors (Lipinski definition) is 5. The molecule has 0 saturated carbocycles. The molecule has 0 fully saturated rings. The highest BCUT2D eigenvalue weighted by Gasteiger charge is 2.00. The van der Waals surface area contributed by atoms with Crippen LogP contribution < -0.4 is 4.80 Å². The second-order valence-electron chi connectivity index (χ2n) is 4.38. The molecule has 3 nitrogen and oxygen atoms in total. The normalized spacial score (nSPS) is 12.6. The van der Waals surface area contributed by atoms with Crippen molar-refractivity contribution in [3.05, 3.63) is 9.81 Å². The maximum atomic E-state index is 5.38. The zero-order chi connectivity index (χ0) is 12.5. The van der Waals surface area contributed by atoms with Gasteiger partial charge in [0.15, 0.2) is 0 Å². The van der Waals surface area contributed by atoms with Crippen molar-refractivity contribution in [2.75, 3.05) is 19.8 Å². The molecule has 0 unspecified atom stereocenters. The average Bonchev–Trinajstić information content (AvgIpc) is 2.74. The van der Waals surface area contributed by atoms with E-state index in [1.807, 2.05) is 0 Å². The van der Waals surface area contributed by atoms with Gasteiger partial charge in [-0.2, -0.15) is 0 Å². The van der Waals surface area contributed by atoms with E-state index in [-0.39, 0.29) is 0 Å². The van der Waals surface area contributed by atoms with Gasteiger partial charge < -0.3 is 4.74 Å². The molecule has 98 valence electrons. The van der Waals surface area contributed by atoms with E-state index < -0.39 is 0 Å². The standard InChI is InChI=1S/C12H22N2OS2/c1-4-8-15-9-7-13-12-14-11(16-17-12)6-5-10(2)3/h10H,4-9H2,1-3H3. The fraction of sp³-hybridized carbons (Fsp3) is 0.833. The number of rotatable bonds is 8. The molecule has 1 rings (SSSR count). The van der Waals surface area contributed by atoms with E-state index in [1.165, 1.54) is 11.4 Å². The van der Waals surface area contributed by atoms with Crippen LogP contribution in [0.15, 0.2) is 4.99 Å². The van der Waals surface area contributed by atoms with Gasteiger partial charge in [0.25, 0.3) is 0 Å². The third kappa shape index (κ3) is 6.91. The molecular formula is C12H22N2OS2. The van der Waals surface area contributed by atoms with E-state index in [9.17, 15) is 0 Å². The summed E-state index contributed by atoms with van der Waals surface area (Å²) in [5.74, 6) is 0.742. The lowest BCUT2D eigenvalue weighted by atomic mass is 10.1. The quantitative estimate of drug-likeness (QED) is 0.539. The molecule has 0 amide bonds. The summed E-state index contributed by atoms with van der Waals surface area (Å²) < 4.78 is 5.38. The lowest BCUT2D eigenvalue weighted by molar-refractivity contribution is 0.142. The van der Waals surface area contributed by atoms with Crippen molar-refractivity contribution in [3.63, 3.8) is 0 Å². The summed E-state index contributed by atoms with van der Waals surface area (Å²) in [4.78, 5) is 9.84. The fourth-order valence-corrected chi connectivity index (χ4v) is 3.24. The highest BCUT2D eigenvalue weighted by atomic mass is 32.9. The molecule has 5 heteroatoms. The molecule has 0 aromatic carbocycles. The molecule has 0 radical (unpaired) electrons. The van der Waals surface area contributed by atoms with Crippen molar-refractivity contribution in [1.29, 1.82) is 0 Å². The number of nitrogens with zero attached hydrogens (tertiary/aromatic N) is 2. The molecule has 0 saturated heterocycles. The van der Waals surface area contributed by atoms with Crippen LogP contribution in [0.4, 0.5) is 0 Å². The van der Waals surface area contributed by atoms with Gasteiger partial charge in [-0.3, -0.25) is 4.99 Å². The van der Waals surface area contributed by atoms with E-state index in [0.717, 1.165) is 36.7 Å². The summed E-state index contributed by atoms with van der Waals surface area (Å²) in [6, 6.07) is 0. The Morgan fingerprint density at radius 3 is 2.82 bits per heavy atom. The summed E-state index contributed by atoms with van der Waals surface area (Å²) in [6.45, 7) is 8.86. The predicted octanol–water partition coefficient (Wildman–Crippen LogP) is 3.12. The largest absolute Gasteiger partial charge is 0.380 e. The highest BCUT2D eigenvalue weighted by Crippen LogP contribution is 2.12. The first-order chi connectivity index (χ1) is 8.22. The van der Waals surface area contributed by atoms with Crippen LogP contribution in [0.25, 0.3) is 0 Å². The van der Waals surface area contributed by atoms with Crippen molar-refractivity contribution in [2.45, 2.75) is 40.0 Å². The second kappa shape index (κ2) is 8.78. The molecule has 0 atom stereocenters. The Bertz CT molecular complexity index is 357. The average molecular weight is 274 g/mol. The lowest BCUT2D eigenvalue weighted by Gasteiger charge is -1.99. The summed E-state index contributed by atoms with van der Waals surface area (Å²) in [5, 5.41) is 1.22. The minimum Gasteiger partial charge on any atom is -0.380 e. The van der Waals surface area contributed by atoms with Crippen LogP contribution in [0.5, 0.6) is 0 Å². The van der Waals surface area contributed by atoms with Gasteiger partial charge in [0, 0.05) is 13.0 Å². The van der Waals surface area contributed by atoms with Gasteiger partial charge in [-0.25, -0.2) is 4.98 Å². The number of ether oxygens (including phenoxy) is 1. The first-order valence-electron chi connectivity index (χ1n) is 6.26. The maximum Gasteiger partial charge on any atom is 0.215 e. The van der Waals surface area contributed by atoms with Crippen LogP contribution in [-0.4, -0.2) is 24.7 Å². The van der Waals surface area contributed by atoms with Gasteiger partial charge in [-0.05, 0) is 29.1 Å². The third-order valence-electron chi connectivity index (χ3n) is 2.20. The van der Waals surface area contributed by atoms with Gasteiger partial charge in [0.2, 0.25) is 4.80 Å². The molecule has 0 spiro atoms. The first-order valence-corrected chi connectivity index (χ1v) is 8.41. The van der Waals surface area contributed by atoms with E-state index in [1.54, 1.807) is 20.7 Å². The zero-order valence-corrected chi connectivity index (χ0v) is 12.6. The summed E-state index contributed by atoms with van der Waals surface area (Å²) in [5.41, 5.74) is 0. The Balaban J connectivity index is 2.31. The van der Waals surface area contributed by atoms with Crippen molar-refractivity contribution >= 4 is 20.7 Å². The molecule has 1 aromatic heterocycles. The smallest absolute Gasteiger partial charge is 0.215 e. The van der Waals surface area contributed by atoms with Crippen molar-refractivity contribution < 1.29 is 4.74 Å². The van der Waals surface area contributed by atoms with E-state index >= 15 is 0 Å². The molecule has 0 aliphatic heterocycles. The van der Waals surface area contributed by atoms with Gasteiger partial charge >= 0.3 is 0 Å². The topological polar surface area (TPSA) is 34.5 Å². The maximum absolute atomic E-state index is 5.38. The Morgan fingerprint density at radius 2 is 2.12 bits per heavy atom. The number of hydrogen-bond donors (Lipinski definition) is 0. The number of aromatic nitrogens is 1. The van der Waals surface area contributed by atoms with Crippen LogP contribution in [0.3, 0.4) is 0 Å². The van der Waals surface area contributed by atoms with Gasteiger partial charge in [-0.1, -0.05) is 31.1 Å². The van der Waals surface area contributed by atoms with Crippen LogP contribution in [-0.2, 0) is 11.2 Å². The first kappa shape index (κ1) is 14.8. The predicted molar refractivity (Wildman–Crippen MR) is 74.7 cm³/mol. The minimum absolute atomic E-state index is 0.708. The van der Waals surface area contributed by atoms with Crippen LogP contribution in [0.1, 0.15) is 38.6 Å². The summed E-state index contributed by atoms with van der Waals surface area (Å²) in [6.07, 6.45) is 3.36. The molecule has 1 heterocycles. The van der Waals surface area contributed by atoms with Crippen LogP contribution in [0, 0.1) is 5.92 Å². The highest BCUT2D eigenvalue weighted by molar-refractivity contribution is 7.68. The van der Waals surface area contributed by atoms with Gasteiger partial charge in [-0.15, -0.1) is 0 Å². The summed E-state index contributed by atoms with van der Waals surface area (Å²) >= 11 is 0. The monoisotopic (exact) mass is 274 g/mol. The van der Waals surface area contributed by atoms with Gasteiger partial charge in [0.1, 0.15) is 5.01 Å². The molecule has 17 heavy (non-hydrogen) atoms. The SMILES string of the molecule is CCCOCCN=c1nc(CCC(C)C)ss1. The molecule has 0 aliphatic carbocycles. The van der Waals surface area contributed by atoms with Crippen molar-refractivity contribution in [3.8, 4) is 0 Å². The Kier molecular flexibility index (Phi) is 7.64. The Morgan fingerprint density at radius 1 is 1.29 bits per heavy atom. The van der Waals surface area contributed by atoms with Crippen LogP contribution >= 0.6 is 20.7 Å². The van der Waals surface area contributed by atoms with E-state index in [4.69, 9.17) is 4.74 Å². The Labute approximate surface area is 111 Å². The fourth-order valence-electron chi connectivity index (χ4n) is 1.25. The lowest BCUT2D eigenvalue weighted by Crippen LogP contribution is -2.06. The number of aryl methyl sites for hydroxylation is 1. The second-order valence-corrected chi connectivity index (χ2v) is 6.55. The molecule has 0 N–H and O–H groups in total. The van der Waals surface area contributed by atoms with E-state index in [0.29, 0.717) is 6.61 Å². The van der Waals surface area contributed by atoms with Crippen LogP contribution in [0.2, 0.25) is 0 Å². The van der Waals surface area contributed by atoms with Gasteiger partial charge in [0.05, 0.1) is 13.2 Å². The molecule has 0 bridgehead atoms. The molecule has 1 aromatic rings. The van der Waals surface area contributed by atoms with Crippen molar-refractivity contribution in [2.24, 2.45) is 10.9 Å². The Hall–Kier alpha value is -0.260. The third-order valence-corrected chi connectivity index (χ3v) is 4.41.